The Morgan fingerprint density at radius 1 is 1.31 bits per heavy atom. The van der Waals surface area contributed by atoms with Crippen molar-refractivity contribution >= 4 is 17.4 Å². The van der Waals surface area contributed by atoms with Crippen LogP contribution in [0, 0.1) is 12.8 Å². The van der Waals surface area contributed by atoms with Gasteiger partial charge in [0, 0.05) is 15.8 Å². The molecule has 0 aliphatic heterocycles. The molecule has 1 aliphatic rings. The molecule has 0 spiro atoms. The highest BCUT2D eigenvalue weighted by molar-refractivity contribution is 8.00. The van der Waals surface area contributed by atoms with Crippen molar-refractivity contribution < 1.29 is 0 Å². The molecule has 2 N–H and O–H groups in total. The lowest BCUT2D eigenvalue weighted by Gasteiger charge is -2.26. The molecular formula is C14H21NS. The number of anilines is 1. The maximum atomic E-state index is 5.83. The highest BCUT2D eigenvalue weighted by Crippen LogP contribution is 2.36. The number of nitrogens with two attached hydrogens (primary N) is 1. The predicted molar refractivity (Wildman–Crippen MR) is 72.9 cm³/mol. The Labute approximate surface area is 103 Å². The summed E-state index contributed by atoms with van der Waals surface area (Å²) in [7, 11) is 0. The van der Waals surface area contributed by atoms with Crippen LogP contribution >= 0.6 is 11.8 Å². The number of thioether (sulfide) groups is 1. The first kappa shape index (κ1) is 11.8. The van der Waals surface area contributed by atoms with Crippen molar-refractivity contribution in [3.05, 3.63) is 23.8 Å². The molecule has 1 saturated carbocycles. The van der Waals surface area contributed by atoms with Gasteiger partial charge in [-0.1, -0.05) is 19.8 Å². The first-order valence-corrected chi connectivity index (χ1v) is 7.06. The van der Waals surface area contributed by atoms with E-state index in [1.54, 1.807) is 0 Å². The predicted octanol–water partition coefficient (Wildman–Crippen LogP) is 4.25. The van der Waals surface area contributed by atoms with Crippen molar-refractivity contribution in [1.82, 2.24) is 0 Å². The summed E-state index contributed by atoms with van der Waals surface area (Å²) >= 11 is 2.04. The molecule has 0 radical (unpaired) electrons. The molecule has 16 heavy (non-hydrogen) atoms. The lowest BCUT2D eigenvalue weighted by atomic mass is 9.91. The van der Waals surface area contributed by atoms with Crippen LogP contribution in [0.15, 0.2) is 23.1 Å². The lowest BCUT2D eigenvalue weighted by Crippen LogP contribution is -2.14. The summed E-state index contributed by atoms with van der Waals surface area (Å²) < 4.78 is 0. The van der Waals surface area contributed by atoms with E-state index in [0.29, 0.717) is 0 Å². The first-order chi connectivity index (χ1) is 7.65. The van der Waals surface area contributed by atoms with E-state index in [-0.39, 0.29) is 0 Å². The fourth-order valence-electron chi connectivity index (χ4n) is 2.40. The van der Waals surface area contributed by atoms with Gasteiger partial charge in [-0.15, -0.1) is 11.8 Å². The maximum absolute atomic E-state index is 5.83. The largest absolute Gasteiger partial charge is 0.399 e. The zero-order valence-electron chi connectivity index (χ0n) is 10.2. The molecular weight excluding hydrogens is 214 g/mol. The summed E-state index contributed by atoms with van der Waals surface area (Å²) in [6.07, 6.45) is 5.55. The van der Waals surface area contributed by atoms with Crippen molar-refractivity contribution in [1.29, 1.82) is 0 Å². The Kier molecular flexibility index (Phi) is 3.80. The van der Waals surface area contributed by atoms with Gasteiger partial charge < -0.3 is 5.73 Å². The van der Waals surface area contributed by atoms with Gasteiger partial charge in [0.2, 0.25) is 0 Å². The third-order valence-corrected chi connectivity index (χ3v) is 4.72. The van der Waals surface area contributed by atoms with Crippen LogP contribution in [0.3, 0.4) is 0 Å². The van der Waals surface area contributed by atoms with Crippen molar-refractivity contribution in [2.75, 3.05) is 5.73 Å². The maximum Gasteiger partial charge on any atom is 0.0344 e. The molecule has 0 amide bonds. The van der Waals surface area contributed by atoms with Gasteiger partial charge in [-0.3, -0.25) is 0 Å². The van der Waals surface area contributed by atoms with Gasteiger partial charge in [0.15, 0.2) is 0 Å². The highest BCUT2D eigenvalue weighted by Gasteiger charge is 2.19. The molecule has 0 bridgehead atoms. The van der Waals surface area contributed by atoms with Gasteiger partial charge >= 0.3 is 0 Å². The minimum absolute atomic E-state index is 0.812. The molecule has 88 valence electrons. The van der Waals surface area contributed by atoms with Gasteiger partial charge in [-0.05, 0) is 49.4 Å². The van der Waals surface area contributed by atoms with E-state index in [2.05, 4.69) is 26.0 Å². The van der Waals surface area contributed by atoms with Gasteiger partial charge in [-0.2, -0.15) is 0 Å². The van der Waals surface area contributed by atoms with Gasteiger partial charge in [0.1, 0.15) is 0 Å². The van der Waals surface area contributed by atoms with Crippen molar-refractivity contribution in [2.45, 2.75) is 49.7 Å². The third-order valence-electron chi connectivity index (χ3n) is 3.43. The summed E-state index contributed by atoms with van der Waals surface area (Å²) in [5, 5.41) is 0.812. The molecule has 0 aromatic heterocycles. The number of aryl methyl sites for hydroxylation is 1. The Balaban J connectivity index is 2.00. The van der Waals surface area contributed by atoms with E-state index in [0.717, 1.165) is 16.9 Å². The van der Waals surface area contributed by atoms with Crippen LogP contribution in [0.25, 0.3) is 0 Å². The van der Waals surface area contributed by atoms with Crippen molar-refractivity contribution in [3.63, 3.8) is 0 Å². The molecule has 1 aromatic rings. The third kappa shape index (κ3) is 2.94. The Hall–Kier alpha value is -0.630. The van der Waals surface area contributed by atoms with Gasteiger partial charge in [0.25, 0.3) is 0 Å². The quantitative estimate of drug-likeness (QED) is 0.776. The summed E-state index contributed by atoms with van der Waals surface area (Å²) in [6.45, 7) is 4.46. The van der Waals surface area contributed by atoms with Crippen LogP contribution < -0.4 is 5.73 Å². The zero-order chi connectivity index (χ0) is 11.5. The number of nitrogen functional groups attached to an aromatic ring is 1. The highest BCUT2D eigenvalue weighted by atomic mass is 32.2. The number of hydrogen-bond acceptors (Lipinski definition) is 2. The standard InChI is InChI=1S/C14H21NS/c1-10-4-3-5-12(8-10)16-13-6-7-14(15)11(2)9-13/h6-7,9-10,12H,3-5,8,15H2,1-2H3. The monoisotopic (exact) mass is 235 g/mol. The molecule has 1 aliphatic carbocycles. The first-order valence-electron chi connectivity index (χ1n) is 6.18. The molecule has 1 aromatic carbocycles. The number of hydrogen-bond donors (Lipinski definition) is 1. The molecule has 2 heteroatoms. The molecule has 2 atom stereocenters. The molecule has 2 unspecified atom stereocenters. The van der Waals surface area contributed by atoms with E-state index >= 15 is 0 Å². The Morgan fingerprint density at radius 2 is 2.12 bits per heavy atom. The SMILES string of the molecule is Cc1cc(SC2CCCC(C)C2)ccc1N. The number of rotatable bonds is 2. The van der Waals surface area contributed by atoms with E-state index in [1.165, 1.54) is 36.1 Å². The smallest absolute Gasteiger partial charge is 0.0344 e. The van der Waals surface area contributed by atoms with Crippen LogP contribution in [0.1, 0.15) is 38.2 Å². The Morgan fingerprint density at radius 3 is 2.81 bits per heavy atom. The summed E-state index contributed by atoms with van der Waals surface area (Å²) in [5.74, 6) is 0.904. The van der Waals surface area contributed by atoms with Crippen LogP contribution in [0.4, 0.5) is 5.69 Å². The molecule has 2 rings (SSSR count). The average Bonchev–Trinajstić information content (AvgIpc) is 2.24. The molecule has 0 saturated heterocycles. The van der Waals surface area contributed by atoms with E-state index in [9.17, 15) is 0 Å². The van der Waals surface area contributed by atoms with E-state index < -0.39 is 0 Å². The second-order valence-electron chi connectivity index (χ2n) is 5.03. The van der Waals surface area contributed by atoms with Crippen LogP contribution in [-0.4, -0.2) is 5.25 Å². The van der Waals surface area contributed by atoms with Crippen molar-refractivity contribution in [3.8, 4) is 0 Å². The van der Waals surface area contributed by atoms with Crippen LogP contribution in [-0.2, 0) is 0 Å². The normalized spacial score (nSPS) is 25.6. The van der Waals surface area contributed by atoms with E-state index in [4.69, 9.17) is 5.73 Å². The fourth-order valence-corrected chi connectivity index (χ4v) is 3.89. The van der Waals surface area contributed by atoms with E-state index in [1.807, 2.05) is 17.8 Å². The lowest BCUT2D eigenvalue weighted by molar-refractivity contribution is 0.394. The van der Waals surface area contributed by atoms with Crippen LogP contribution in [0.2, 0.25) is 0 Å². The molecule has 0 heterocycles. The zero-order valence-corrected chi connectivity index (χ0v) is 11.0. The molecule has 1 nitrogen and oxygen atoms in total. The summed E-state index contributed by atoms with van der Waals surface area (Å²) in [4.78, 5) is 1.38. The van der Waals surface area contributed by atoms with Crippen molar-refractivity contribution in [2.24, 2.45) is 5.92 Å². The van der Waals surface area contributed by atoms with Gasteiger partial charge in [-0.25, -0.2) is 0 Å². The topological polar surface area (TPSA) is 26.0 Å². The summed E-state index contributed by atoms with van der Waals surface area (Å²) in [5.41, 5.74) is 7.94. The average molecular weight is 235 g/mol. The second kappa shape index (κ2) is 5.13. The fraction of sp³-hybridized carbons (Fsp3) is 0.571. The van der Waals surface area contributed by atoms with Gasteiger partial charge in [0.05, 0.1) is 0 Å². The molecule has 1 fully saturated rings. The Bertz CT molecular complexity index is 362. The summed E-state index contributed by atoms with van der Waals surface area (Å²) in [6, 6.07) is 6.41. The minimum Gasteiger partial charge on any atom is -0.399 e. The minimum atomic E-state index is 0.812. The second-order valence-corrected chi connectivity index (χ2v) is 6.40. The van der Waals surface area contributed by atoms with Crippen LogP contribution in [0.5, 0.6) is 0 Å². The number of benzene rings is 1.